The molecule has 3 aromatic rings. The van der Waals surface area contributed by atoms with E-state index < -0.39 is 0 Å². The molecule has 2 aromatic carbocycles. The average molecular weight is 409 g/mol. The Labute approximate surface area is 171 Å². The standard InChI is InChI=1S/C21H19N3O4S/c25-19(22-11-15-6-7-17-18(8-15)28-13-27-17)10-16-12-29-21(23-16)24-20(26)9-14-4-2-1-3-5-14/h1-8,12H,9-11,13H2,(H,22,25)(H,23,24,26). The molecule has 1 aromatic heterocycles. The summed E-state index contributed by atoms with van der Waals surface area (Å²) in [5.41, 5.74) is 2.48. The lowest BCUT2D eigenvalue weighted by Crippen LogP contribution is -2.24. The molecule has 0 atom stereocenters. The maximum atomic E-state index is 12.2. The molecule has 2 amide bonds. The van der Waals surface area contributed by atoms with Crippen molar-refractivity contribution in [1.82, 2.24) is 10.3 Å². The zero-order valence-electron chi connectivity index (χ0n) is 15.5. The highest BCUT2D eigenvalue weighted by atomic mass is 32.1. The first-order valence-corrected chi connectivity index (χ1v) is 9.97. The van der Waals surface area contributed by atoms with Crippen molar-refractivity contribution >= 4 is 28.3 Å². The summed E-state index contributed by atoms with van der Waals surface area (Å²) >= 11 is 1.30. The summed E-state index contributed by atoms with van der Waals surface area (Å²) < 4.78 is 10.6. The zero-order chi connectivity index (χ0) is 20.1. The number of hydrogen-bond acceptors (Lipinski definition) is 6. The zero-order valence-corrected chi connectivity index (χ0v) is 16.3. The molecule has 2 N–H and O–H groups in total. The molecule has 0 unspecified atom stereocenters. The highest BCUT2D eigenvalue weighted by Gasteiger charge is 2.14. The first-order chi connectivity index (χ1) is 14.2. The first-order valence-electron chi connectivity index (χ1n) is 9.09. The van der Waals surface area contributed by atoms with E-state index in [-0.39, 0.29) is 31.4 Å². The van der Waals surface area contributed by atoms with Gasteiger partial charge in [0.25, 0.3) is 0 Å². The second-order valence-electron chi connectivity index (χ2n) is 6.50. The summed E-state index contributed by atoms with van der Waals surface area (Å²) in [5.74, 6) is 1.12. The van der Waals surface area contributed by atoms with Gasteiger partial charge in [-0.1, -0.05) is 36.4 Å². The Kier molecular flexibility index (Phi) is 5.71. The van der Waals surface area contributed by atoms with Gasteiger partial charge in [0.05, 0.1) is 18.5 Å². The highest BCUT2D eigenvalue weighted by molar-refractivity contribution is 7.13. The largest absolute Gasteiger partial charge is 0.454 e. The lowest BCUT2D eigenvalue weighted by molar-refractivity contribution is -0.120. The van der Waals surface area contributed by atoms with Gasteiger partial charge in [-0.15, -0.1) is 11.3 Å². The molecule has 1 aliphatic rings. The number of ether oxygens (including phenoxy) is 2. The SMILES string of the molecule is O=C(Cc1csc(NC(=O)Cc2ccccc2)n1)NCc1ccc2c(c1)OCO2. The Morgan fingerprint density at radius 3 is 2.66 bits per heavy atom. The van der Waals surface area contributed by atoms with E-state index in [4.69, 9.17) is 9.47 Å². The van der Waals surface area contributed by atoms with Crippen LogP contribution in [0.4, 0.5) is 5.13 Å². The molecule has 0 saturated heterocycles. The van der Waals surface area contributed by atoms with Gasteiger partial charge in [-0.2, -0.15) is 0 Å². The van der Waals surface area contributed by atoms with Crippen molar-refractivity contribution in [2.75, 3.05) is 12.1 Å². The van der Waals surface area contributed by atoms with Crippen molar-refractivity contribution in [3.63, 3.8) is 0 Å². The molecule has 29 heavy (non-hydrogen) atoms. The van der Waals surface area contributed by atoms with E-state index in [1.807, 2.05) is 48.5 Å². The van der Waals surface area contributed by atoms with Crippen LogP contribution in [-0.2, 0) is 29.0 Å². The number of aromatic nitrogens is 1. The van der Waals surface area contributed by atoms with Crippen LogP contribution in [0.5, 0.6) is 11.5 Å². The van der Waals surface area contributed by atoms with Crippen LogP contribution in [0, 0.1) is 0 Å². The van der Waals surface area contributed by atoms with Crippen molar-refractivity contribution in [3.05, 3.63) is 70.7 Å². The summed E-state index contributed by atoms with van der Waals surface area (Å²) in [6, 6.07) is 15.1. The van der Waals surface area contributed by atoms with Gasteiger partial charge in [0.1, 0.15) is 0 Å². The molecule has 0 aliphatic carbocycles. The molecule has 0 saturated carbocycles. The van der Waals surface area contributed by atoms with Crippen LogP contribution in [-0.4, -0.2) is 23.6 Å². The van der Waals surface area contributed by atoms with E-state index in [1.54, 1.807) is 5.38 Å². The number of anilines is 1. The third-order valence-electron chi connectivity index (χ3n) is 4.27. The molecule has 0 radical (unpaired) electrons. The molecule has 2 heterocycles. The van der Waals surface area contributed by atoms with E-state index in [9.17, 15) is 9.59 Å². The smallest absolute Gasteiger partial charge is 0.231 e. The molecule has 4 rings (SSSR count). The van der Waals surface area contributed by atoms with Gasteiger partial charge in [0.2, 0.25) is 18.6 Å². The van der Waals surface area contributed by atoms with E-state index in [0.29, 0.717) is 28.9 Å². The maximum Gasteiger partial charge on any atom is 0.231 e. The molecule has 7 nitrogen and oxygen atoms in total. The van der Waals surface area contributed by atoms with Gasteiger partial charge in [0.15, 0.2) is 16.6 Å². The molecule has 8 heteroatoms. The lowest BCUT2D eigenvalue weighted by Gasteiger charge is -2.05. The molecule has 0 bridgehead atoms. The van der Waals surface area contributed by atoms with Gasteiger partial charge < -0.3 is 20.1 Å². The topological polar surface area (TPSA) is 89.6 Å². The number of rotatable bonds is 7. The summed E-state index contributed by atoms with van der Waals surface area (Å²) in [7, 11) is 0. The summed E-state index contributed by atoms with van der Waals surface area (Å²) in [6.45, 7) is 0.611. The second-order valence-corrected chi connectivity index (χ2v) is 7.35. The fourth-order valence-corrected chi connectivity index (χ4v) is 3.60. The summed E-state index contributed by atoms with van der Waals surface area (Å²) in [6.07, 6.45) is 0.432. The van der Waals surface area contributed by atoms with Gasteiger partial charge in [-0.05, 0) is 23.3 Å². The van der Waals surface area contributed by atoms with Crippen molar-refractivity contribution in [2.45, 2.75) is 19.4 Å². The Hall–Kier alpha value is -3.39. The number of benzene rings is 2. The number of nitrogens with one attached hydrogen (secondary N) is 2. The number of amides is 2. The number of carbonyl (C=O) groups excluding carboxylic acids is 2. The number of hydrogen-bond donors (Lipinski definition) is 2. The quantitative estimate of drug-likeness (QED) is 0.626. The Morgan fingerprint density at radius 2 is 1.79 bits per heavy atom. The van der Waals surface area contributed by atoms with Crippen LogP contribution in [0.15, 0.2) is 53.9 Å². The number of fused-ring (bicyclic) bond motifs is 1. The molecule has 0 fully saturated rings. The van der Waals surface area contributed by atoms with Crippen molar-refractivity contribution in [1.29, 1.82) is 0 Å². The van der Waals surface area contributed by atoms with Crippen molar-refractivity contribution < 1.29 is 19.1 Å². The third kappa shape index (κ3) is 5.11. The summed E-state index contributed by atoms with van der Waals surface area (Å²) in [5, 5.41) is 7.91. The van der Waals surface area contributed by atoms with Gasteiger partial charge in [0, 0.05) is 11.9 Å². The minimum absolute atomic E-state index is 0.135. The van der Waals surface area contributed by atoms with Crippen molar-refractivity contribution in [2.24, 2.45) is 0 Å². The second kappa shape index (κ2) is 8.74. The van der Waals surface area contributed by atoms with E-state index >= 15 is 0 Å². The first kappa shape index (κ1) is 18.9. The van der Waals surface area contributed by atoms with Crippen LogP contribution >= 0.6 is 11.3 Å². The third-order valence-corrected chi connectivity index (χ3v) is 5.08. The highest BCUT2D eigenvalue weighted by Crippen LogP contribution is 2.32. The minimum Gasteiger partial charge on any atom is -0.454 e. The number of thiazole rings is 1. The van der Waals surface area contributed by atoms with Crippen LogP contribution < -0.4 is 20.1 Å². The Bertz CT molecular complexity index is 1020. The van der Waals surface area contributed by atoms with Gasteiger partial charge >= 0.3 is 0 Å². The number of carbonyl (C=O) groups is 2. The Morgan fingerprint density at radius 1 is 0.966 bits per heavy atom. The van der Waals surface area contributed by atoms with Crippen LogP contribution in [0.25, 0.3) is 0 Å². The van der Waals surface area contributed by atoms with E-state index in [0.717, 1.165) is 11.1 Å². The maximum absolute atomic E-state index is 12.2. The predicted octanol–water partition coefficient (Wildman–Crippen LogP) is 2.91. The normalized spacial score (nSPS) is 11.9. The average Bonchev–Trinajstić information content (AvgIpc) is 3.36. The van der Waals surface area contributed by atoms with Gasteiger partial charge in [-0.3, -0.25) is 9.59 Å². The molecular formula is C21H19N3O4S. The van der Waals surface area contributed by atoms with Crippen LogP contribution in [0.2, 0.25) is 0 Å². The van der Waals surface area contributed by atoms with Gasteiger partial charge in [-0.25, -0.2) is 4.98 Å². The number of nitrogens with zero attached hydrogens (tertiary/aromatic N) is 1. The molecular weight excluding hydrogens is 390 g/mol. The molecule has 0 spiro atoms. The van der Waals surface area contributed by atoms with E-state index in [1.165, 1.54) is 11.3 Å². The fraction of sp³-hybridized carbons (Fsp3) is 0.190. The predicted molar refractivity (Wildman–Crippen MR) is 109 cm³/mol. The van der Waals surface area contributed by atoms with Crippen LogP contribution in [0.1, 0.15) is 16.8 Å². The summed E-state index contributed by atoms with van der Waals surface area (Å²) in [4.78, 5) is 28.6. The molecule has 1 aliphatic heterocycles. The van der Waals surface area contributed by atoms with Crippen LogP contribution in [0.3, 0.4) is 0 Å². The fourth-order valence-electron chi connectivity index (χ4n) is 2.87. The van der Waals surface area contributed by atoms with E-state index in [2.05, 4.69) is 15.6 Å². The lowest BCUT2D eigenvalue weighted by atomic mass is 10.1. The molecule has 148 valence electrons. The monoisotopic (exact) mass is 409 g/mol. The Balaban J connectivity index is 1.25. The van der Waals surface area contributed by atoms with Crippen molar-refractivity contribution in [3.8, 4) is 11.5 Å². The minimum atomic E-state index is -0.143.